The molecule has 9 nitrogen and oxygen atoms in total. The van der Waals surface area contributed by atoms with Crippen molar-refractivity contribution in [2.24, 2.45) is 0 Å². The Hall–Kier alpha value is -4.43. The van der Waals surface area contributed by atoms with Crippen LogP contribution in [-0.2, 0) is 13.0 Å². The lowest BCUT2D eigenvalue weighted by Crippen LogP contribution is -2.48. The zero-order valence-electron chi connectivity index (χ0n) is 26.4. The number of likely N-dealkylation sites (tertiary alicyclic amines) is 1. The highest BCUT2D eigenvalue weighted by Crippen LogP contribution is 2.34. The molecule has 0 spiro atoms. The third-order valence-corrected chi connectivity index (χ3v) is 9.32. The van der Waals surface area contributed by atoms with Gasteiger partial charge in [0.1, 0.15) is 5.01 Å². The number of aliphatic hydroxyl groups excluding tert-OH is 1. The molecule has 2 amide bonds. The van der Waals surface area contributed by atoms with E-state index in [1.165, 1.54) is 12.4 Å². The molecule has 1 fully saturated rings. The highest BCUT2D eigenvalue weighted by molar-refractivity contribution is 7.09. The smallest absolute Gasteiger partial charge is 0.256 e. The third-order valence-electron chi connectivity index (χ3n) is 8.26. The number of hydrogen-bond donors (Lipinski definition) is 3. The van der Waals surface area contributed by atoms with Crippen LogP contribution in [0.25, 0.3) is 0 Å². The Kier molecular flexibility index (Phi) is 10.9. The first-order valence-corrected chi connectivity index (χ1v) is 16.6. The molecule has 2 aromatic heterocycles. The van der Waals surface area contributed by atoms with Crippen molar-refractivity contribution >= 4 is 23.2 Å². The first kappa shape index (κ1) is 32.9. The molecule has 1 aliphatic rings. The van der Waals surface area contributed by atoms with E-state index in [1.807, 2.05) is 59.7 Å². The Morgan fingerprint density at radius 1 is 1.11 bits per heavy atom. The average molecular weight is 637 g/mol. The zero-order valence-corrected chi connectivity index (χ0v) is 27.3. The van der Waals surface area contributed by atoms with Gasteiger partial charge in [-0.1, -0.05) is 50.2 Å². The second-order valence-corrected chi connectivity index (χ2v) is 13.0. The first-order chi connectivity index (χ1) is 22.2. The topological polar surface area (TPSA) is 131 Å². The van der Waals surface area contributed by atoms with E-state index >= 15 is 0 Å². The fourth-order valence-corrected chi connectivity index (χ4v) is 6.71. The maximum absolute atomic E-state index is 13.6. The molecule has 0 radical (unpaired) electrons. The van der Waals surface area contributed by atoms with Gasteiger partial charge in [-0.05, 0) is 67.0 Å². The number of carbonyl (C=O) groups is 2. The number of carbonyl (C=O) groups excluding carboxylic acids is 2. The summed E-state index contributed by atoms with van der Waals surface area (Å²) in [6, 6.07) is 18.6. The predicted molar refractivity (Wildman–Crippen MR) is 178 cm³/mol. The molecule has 46 heavy (non-hydrogen) atoms. The van der Waals surface area contributed by atoms with Gasteiger partial charge in [0.2, 0.25) is 0 Å². The Balaban J connectivity index is 1.28. The van der Waals surface area contributed by atoms with Gasteiger partial charge in [-0.15, -0.1) is 11.3 Å². The summed E-state index contributed by atoms with van der Waals surface area (Å²) in [6.07, 6.45) is 4.16. The summed E-state index contributed by atoms with van der Waals surface area (Å²) in [5.41, 5.74) is 5.14. The Bertz CT molecular complexity index is 1700. The number of aryl methyl sites for hydroxylation is 1. The molecule has 2 aromatic carbocycles. The van der Waals surface area contributed by atoms with Crippen LogP contribution in [0.5, 0.6) is 0 Å². The summed E-state index contributed by atoms with van der Waals surface area (Å²) < 4.78 is 0. The largest absolute Gasteiger partial charge is 0.390 e. The maximum Gasteiger partial charge on any atom is 0.256 e. The number of thiazole rings is 1. The number of pyridine rings is 1. The van der Waals surface area contributed by atoms with Crippen molar-refractivity contribution in [1.29, 1.82) is 5.26 Å². The first-order valence-electron chi connectivity index (χ1n) is 15.7. The van der Waals surface area contributed by atoms with Gasteiger partial charge < -0.3 is 20.6 Å². The zero-order chi connectivity index (χ0) is 32.6. The van der Waals surface area contributed by atoms with Crippen LogP contribution in [0, 0.1) is 18.3 Å². The summed E-state index contributed by atoms with van der Waals surface area (Å²) in [4.78, 5) is 37.8. The van der Waals surface area contributed by atoms with Crippen LogP contribution in [0.3, 0.4) is 0 Å². The minimum Gasteiger partial charge on any atom is -0.390 e. The molecular weight excluding hydrogens is 597 g/mol. The Morgan fingerprint density at radius 3 is 2.61 bits per heavy atom. The molecule has 5 rings (SSSR count). The Labute approximate surface area is 274 Å². The predicted octanol–water partition coefficient (Wildman–Crippen LogP) is 5.31. The van der Waals surface area contributed by atoms with Crippen LogP contribution in [-0.4, -0.2) is 57.0 Å². The molecule has 3 atom stereocenters. The van der Waals surface area contributed by atoms with E-state index in [1.54, 1.807) is 17.4 Å². The van der Waals surface area contributed by atoms with Crippen molar-refractivity contribution < 1.29 is 14.7 Å². The molecule has 0 aliphatic carbocycles. The molecule has 3 N–H and O–H groups in total. The molecule has 238 valence electrons. The van der Waals surface area contributed by atoms with Gasteiger partial charge in [-0.2, -0.15) is 5.26 Å². The van der Waals surface area contributed by atoms with E-state index in [-0.39, 0.29) is 30.0 Å². The summed E-state index contributed by atoms with van der Waals surface area (Å²) in [5.74, 6) is -0.312. The average Bonchev–Trinajstić information content (AvgIpc) is 3.73. The second kappa shape index (κ2) is 15.2. The highest BCUT2D eigenvalue weighted by atomic mass is 32.1. The maximum atomic E-state index is 13.6. The fraction of sp³-hybridized carbons (Fsp3) is 0.361. The van der Waals surface area contributed by atoms with Crippen molar-refractivity contribution in [3.63, 3.8) is 0 Å². The van der Waals surface area contributed by atoms with Crippen molar-refractivity contribution in [2.45, 2.75) is 70.7 Å². The number of aromatic nitrogens is 2. The summed E-state index contributed by atoms with van der Waals surface area (Å²) in [7, 11) is 0. The lowest BCUT2D eigenvalue weighted by molar-refractivity contribution is 0.0735. The number of nitrogens with one attached hydrogen (secondary N) is 2. The highest BCUT2D eigenvalue weighted by Gasteiger charge is 2.33. The molecule has 4 aromatic rings. The molecule has 3 heterocycles. The lowest BCUT2D eigenvalue weighted by atomic mass is 9.98. The van der Waals surface area contributed by atoms with Crippen LogP contribution < -0.4 is 10.6 Å². The third kappa shape index (κ3) is 8.23. The number of aliphatic hydroxyl groups is 1. The van der Waals surface area contributed by atoms with Gasteiger partial charge in [-0.25, -0.2) is 4.98 Å². The number of nitrogens with zero attached hydrogens (tertiary/aromatic N) is 4. The van der Waals surface area contributed by atoms with Crippen LogP contribution in [0.1, 0.15) is 92.3 Å². The van der Waals surface area contributed by atoms with Crippen molar-refractivity contribution in [1.82, 2.24) is 25.5 Å². The van der Waals surface area contributed by atoms with Crippen molar-refractivity contribution in [3.05, 3.63) is 116 Å². The van der Waals surface area contributed by atoms with E-state index in [2.05, 4.69) is 46.6 Å². The van der Waals surface area contributed by atoms with Crippen molar-refractivity contribution in [2.75, 3.05) is 13.1 Å². The lowest BCUT2D eigenvalue weighted by Gasteiger charge is -2.25. The number of amides is 2. The van der Waals surface area contributed by atoms with Gasteiger partial charge in [0, 0.05) is 43.1 Å². The van der Waals surface area contributed by atoms with Crippen LogP contribution in [0.2, 0.25) is 0 Å². The van der Waals surface area contributed by atoms with Crippen LogP contribution in [0.4, 0.5) is 0 Å². The van der Waals surface area contributed by atoms with E-state index in [4.69, 9.17) is 0 Å². The SMILES string of the molecule is Cc1csc([C@H]2CCCN2C(=O)c2cncc(C(=O)N[C@@H](Cc3ccccc3)[C@H](O)CNCc3cc(C#N)cc(C(C)C)c3)c2)n1. The quantitative estimate of drug-likeness (QED) is 0.192. The van der Waals surface area contributed by atoms with Gasteiger partial charge in [0.25, 0.3) is 11.8 Å². The normalized spacial score (nSPS) is 15.8. The van der Waals surface area contributed by atoms with Crippen molar-refractivity contribution in [3.8, 4) is 6.07 Å². The van der Waals surface area contributed by atoms with Gasteiger partial charge >= 0.3 is 0 Å². The van der Waals surface area contributed by atoms with E-state index < -0.39 is 18.1 Å². The number of nitriles is 1. The molecule has 1 saturated heterocycles. The summed E-state index contributed by atoms with van der Waals surface area (Å²) in [5, 5.41) is 30.0. The van der Waals surface area contributed by atoms with E-state index in [9.17, 15) is 20.0 Å². The van der Waals surface area contributed by atoms with Gasteiger partial charge in [-0.3, -0.25) is 14.6 Å². The molecule has 10 heteroatoms. The van der Waals surface area contributed by atoms with E-state index in [0.717, 1.165) is 40.2 Å². The van der Waals surface area contributed by atoms with E-state index in [0.29, 0.717) is 30.6 Å². The van der Waals surface area contributed by atoms with Gasteiger partial charge in [0.05, 0.1) is 40.9 Å². The molecular formula is C36H40N6O3S. The van der Waals surface area contributed by atoms with Crippen LogP contribution >= 0.6 is 11.3 Å². The molecule has 1 aliphatic heterocycles. The minimum absolute atomic E-state index is 0.0825. The molecule has 0 bridgehead atoms. The van der Waals surface area contributed by atoms with Gasteiger partial charge in [0.15, 0.2) is 0 Å². The number of rotatable bonds is 12. The second-order valence-electron chi connectivity index (χ2n) is 12.1. The minimum atomic E-state index is -0.919. The summed E-state index contributed by atoms with van der Waals surface area (Å²) in [6.45, 7) is 7.42. The summed E-state index contributed by atoms with van der Waals surface area (Å²) >= 11 is 1.56. The number of benzene rings is 2. The monoisotopic (exact) mass is 636 g/mol. The van der Waals surface area contributed by atoms with Crippen LogP contribution in [0.15, 0.2) is 72.4 Å². The number of hydrogen-bond acceptors (Lipinski definition) is 8. The molecule has 0 unspecified atom stereocenters. The fourth-order valence-electron chi connectivity index (χ4n) is 5.77. The Morgan fingerprint density at radius 2 is 1.89 bits per heavy atom. The standard InChI is InChI=1S/C36H40N6O3S/c1-23(2)28-13-26(17-37)12-27(14-28)18-38-21-33(43)31(15-25-8-5-4-6-9-25)41-34(44)29-16-30(20-39-19-29)36(45)42-11-7-10-32(42)35-40-24(3)22-46-35/h4-6,8-9,12-14,16,19-20,22-23,31-33,38,43H,7,10-11,15,18,21H2,1-3H3,(H,41,44)/t31-,32+,33+/m0/s1. The molecule has 0 saturated carbocycles.